The average molecular weight is 1240 g/mol. The fourth-order valence-electron chi connectivity index (χ4n) is 11.4. The molecule has 3 aliphatic rings. The number of hydrogen-bond donors (Lipinski definition) is 6. The highest BCUT2D eigenvalue weighted by Gasteiger charge is 2.33. The van der Waals surface area contributed by atoms with Crippen LogP contribution in [0.5, 0.6) is 17.2 Å². The first-order valence-electron chi connectivity index (χ1n) is 30.2. The van der Waals surface area contributed by atoms with Crippen LogP contribution < -0.4 is 47.4 Å². The van der Waals surface area contributed by atoms with Gasteiger partial charge in [-0.3, -0.25) is 72.5 Å². The van der Waals surface area contributed by atoms with Crippen LogP contribution in [-0.4, -0.2) is 113 Å². The highest BCUT2D eigenvalue weighted by Crippen LogP contribution is 2.41. The Balaban J connectivity index is 0.000000150. The summed E-state index contributed by atoms with van der Waals surface area (Å²) in [7, 11) is 0. The number of nitrogens with two attached hydrogens (primary N) is 3. The van der Waals surface area contributed by atoms with E-state index in [1.807, 2.05) is 55.2 Å². The molecule has 27 nitrogen and oxygen atoms in total. The second-order valence-corrected chi connectivity index (χ2v) is 22.0. The number of nitrogens with zero attached hydrogens (tertiary/aromatic N) is 12. The highest BCUT2D eigenvalue weighted by molar-refractivity contribution is 6.07. The standard InChI is InChI=1S/2C22H26N6O3.C20H22N6O3/c2*1-4-6-7-8-15-12-31-18-11-14(20(23)29)10-16-19(18)28(15)22(24-16)25-21(30)17-9-13(3)26-27(17)5-2;1-4-6-13-10-29-16-9-12(18(21)27)8-14-17(16)26(13)20(22-14)23-19(28)15-7-11(3)24-25(15)5-2/h2*6-7,9-11,15H,4-5,8,12H2,1-3H3,(H2,23,29)(H,24,25,30);4,7-9,13H,1,5-6,10H2,2-3H3,(H2,21,27)(H,22,23,28)/t2*15-;13-/m000/s1. The van der Waals surface area contributed by atoms with Crippen molar-refractivity contribution in [3.8, 4) is 17.2 Å². The Hall–Kier alpha value is -10.9. The summed E-state index contributed by atoms with van der Waals surface area (Å²) in [5.41, 5.74) is 24.8. The van der Waals surface area contributed by atoms with Crippen molar-refractivity contribution in [1.29, 1.82) is 0 Å². The van der Waals surface area contributed by atoms with Crippen LogP contribution in [0.4, 0.5) is 17.8 Å². The van der Waals surface area contributed by atoms with Crippen molar-refractivity contribution in [3.63, 3.8) is 0 Å². The SMILES string of the molecule is C=CC[C@H]1COc2cc(C(N)=O)cc3nc(NC(=O)c4cc(C)nn4CC)n1c23.CCC=CC[C@H]1COc2cc(C(N)=O)cc3nc(NC(=O)c4cc(C)nn4CC)n1c23.CCC=CC[C@H]1COc2cc(C(N)=O)cc3nc(NC(=O)c4cc(C)nn4CC)n1c23. The molecule has 27 heteroatoms. The monoisotopic (exact) mass is 1240 g/mol. The van der Waals surface area contributed by atoms with Gasteiger partial charge in [-0.1, -0.05) is 44.2 Å². The van der Waals surface area contributed by atoms with Crippen LogP contribution in [-0.2, 0) is 19.6 Å². The topological polar surface area (TPSA) is 351 Å². The van der Waals surface area contributed by atoms with Gasteiger partial charge in [0.05, 0.1) is 51.8 Å². The van der Waals surface area contributed by atoms with Gasteiger partial charge < -0.3 is 31.4 Å². The van der Waals surface area contributed by atoms with E-state index in [2.05, 4.69) is 90.9 Å². The molecular formula is C64H74N18O9. The maximum absolute atomic E-state index is 13.1. The van der Waals surface area contributed by atoms with Crippen molar-refractivity contribution in [3.05, 3.63) is 142 Å². The Kier molecular flexibility index (Phi) is 18.6. The number of ether oxygens (including phenoxy) is 3. The first-order chi connectivity index (χ1) is 43.8. The molecule has 474 valence electrons. The molecule has 0 radical (unpaired) electrons. The number of nitrogens with one attached hydrogen (secondary N) is 3. The summed E-state index contributed by atoms with van der Waals surface area (Å²) in [6.45, 7) is 22.2. The molecular weight excluding hydrogens is 1160 g/mol. The van der Waals surface area contributed by atoms with Crippen molar-refractivity contribution in [2.24, 2.45) is 17.2 Å². The summed E-state index contributed by atoms with van der Waals surface area (Å²) in [5.74, 6) is 0.194. The lowest BCUT2D eigenvalue weighted by Crippen LogP contribution is -2.26. The number of amides is 6. The molecule has 0 unspecified atom stereocenters. The molecule has 0 spiro atoms. The van der Waals surface area contributed by atoms with Crippen LogP contribution in [0.3, 0.4) is 0 Å². The number of carbonyl (C=O) groups is 6. The van der Waals surface area contributed by atoms with E-state index in [9.17, 15) is 28.8 Å². The number of aromatic nitrogens is 12. The average Bonchev–Trinajstić information content (AvgIpc) is 1.68. The minimum atomic E-state index is -0.567. The molecule has 9 aromatic rings. The van der Waals surface area contributed by atoms with Gasteiger partial charge in [0.1, 0.15) is 70.7 Å². The highest BCUT2D eigenvalue weighted by atomic mass is 16.5. The van der Waals surface area contributed by atoms with Gasteiger partial charge in [-0.05, 0) is 128 Å². The fraction of sp³-hybridized carbons (Fsp3) is 0.344. The number of allylic oxidation sites excluding steroid dienone is 5. The summed E-state index contributed by atoms with van der Waals surface area (Å²) in [5, 5.41) is 21.8. The van der Waals surface area contributed by atoms with E-state index in [-0.39, 0.29) is 35.8 Å². The van der Waals surface area contributed by atoms with E-state index in [1.165, 1.54) is 0 Å². The molecule has 3 aliphatic heterocycles. The van der Waals surface area contributed by atoms with E-state index in [0.717, 1.165) is 53.8 Å². The molecule has 9 N–H and O–H groups in total. The molecule has 0 fully saturated rings. The first-order valence-corrected chi connectivity index (χ1v) is 30.2. The summed E-state index contributed by atoms with van der Waals surface area (Å²) in [4.78, 5) is 88.0. The first kappa shape index (κ1) is 63.2. The zero-order chi connectivity index (χ0) is 64.9. The summed E-state index contributed by atoms with van der Waals surface area (Å²) in [6, 6.07) is 14.8. The molecule has 0 aliphatic carbocycles. The Morgan fingerprint density at radius 2 is 0.769 bits per heavy atom. The zero-order valence-corrected chi connectivity index (χ0v) is 52.1. The molecule has 0 bridgehead atoms. The van der Waals surface area contributed by atoms with Gasteiger partial charge in [-0.2, -0.15) is 15.3 Å². The summed E-state index contributed by atoms with van der Waals surface area (Å²) in [6.07, 6.45) is 14.2. The van der Waals surface area contributed by atoms with E-state index < -0.39 is 17.7 Å². The van der Waals surface area contributed by atoms with E-state index >= 15 is 0 Å². The number of benzene rings is 3. The zero-order valence-electron chi connectivity index (χ0n) is 52.1. The Morgan fingerprint density at radius 1 is 0.473 bits per heavy atom. The molecule has 9 heterocycles. The second kappa shape index (κ2) is 26.9. The Morgan fingerprint density at radius 3 is 1.03 bits per heavy atom. The van der Waals surface area contributed by atoms with E-state index in [4.69, 9.17) is 31.4 Å². The molecule has 6 aromatic heterocycles. The quantitative estimate of drug-likeness (QED) is 0.0388. The molecule has 91 heavy (non-hydrogen) atoms. The maximum Gasteiger partial charge on any atom is 0.276 e. The van der Waals surface area contributed by atoms with Crippen molar-refractivity contribution >= 4 is 86.4 Å². The van der Waals surface area contributed by atoms with Gasteiger partial charge >= 0.3 is 0 Å². The molecule has 0 saturated carbocycles. The molecule has 3 aromatic carbocycles. The van der Waals surface area contributed by atoms with E-state index in [0.29, 0.717) is 137 Å². The third-order valence-electron chi connectivity index (χ3n) is 15.5. The molecule has 0 saturated heterocycles. The molecule has 6 amide bonds. The van der Waals surface area contributed by atoms with Crippen molar-refractivity contribution in [2.45, 2.75) is 125 Å². The van der Waals surface area contributed by atoms with Gasteiger partial charge in [-0.15, -0.1) is 6.58 Å². The number of carbonyl (C=O) groups excluding carboxylic acids is 6. The van der Waals surface area contributed by atoms with Crippen LogP contribution in [0.15, 0.2) is 91.6 Å². The van der Waals surface area contributed by atoms with E-state index in [1.54, 1.807) is 74.7 Å². The summed E-state index contributed by atoms with van der Waals surface area (Å²) < 4.78 is 28.6. The van der Waals surface area contributed by atoms with Crippen LogP contribution in [0, 0.1) is 20.8 Å². The lowest BCUT2D eigenvalue weighted by atomic mass is 10.1. The van der Waals surface area contributed by atoms with Crippen LogP contribution in [0.1, 0.15) is 164 Å². The number of imidazole rings is 3. The number of aryl methyl sites for hydroxylation is 6. The smallest absolute Gasteiger partial charge is 0.276 e. The van der Waals surface area contributed by atoms with Gasteiger partial charge in [0.2, 0.25) is 35.6 Å². The molecule has 3 atom stereocenters. The van der Waals surface area contributed by atoms with Crippen molar-refractivity contribution in [2.75, 3.05) is 35.8 Å². The van der Waals surface area contributed by atoms with Crippen LogP contribution in [0.2, 0.25) is 0 Å². The fourth-order valence-corrected chi connectivity index (χ4v) is 11.4. The largest absolute Gasteiger partial charge is 0.489 e. The Labute approximate surface area is 523 Å². The lowest BCUT2D eigenvalue weighted by Gasteiger charge is -2.26. The van der Waals surface area contributed by atoms with Crippen LogP contribution in [0.25, 0.3) is 33.1 Å². The number of rotatable bonds is 20. The second-order valence-electron chi connectivity index (χ2n) is 22.0. The summed E-state index contributed by atoms with van der Waals surface area (Å²) >= 11 is 0. The Bertz CT molecular complexity index is 4210. The van der Waals surface area contributed by atoms with Gasteiger partial charge in [0.25, 0.3) is 17.7 Å². The van der Waals surface area contributed by atoms with Gasteiger partial charge in [0, 0.05) is 36.3 Å². The predicted octanol–water partition coefficient (Wildman–Crippen LogP) is 8.83. The molecule has 12 rings (SSSR count). The number of hydrogen-bond acceptors (Lipinski definition) is 15. The third kappa shape index (κ3) is 12.9. The maximum atomic E-state index is 13.1. The normalized spacial score (nSPS) is 15.3. The minimum Gasteiger partial charge on any atom is -0.489 e. The third-order valence-corrected chi connectivity index (χ3v) is 15.5. The van der Waals surface area contributed by atoms with Crippen molar-refractivity contribution in [1.82, 2.24) is 58.0 Å². The van der Waals surface area contributed by atoms with Gasteiger partial charge in [-0.25, -0.2) is 15.0 Å². The lowest BCUT2D eigenvalue weighted by molar-refractivity contribution is 0.0991. The minimum absolute atomic E-state index is 0.0483. The number of primary amides is 3. The van der Waals surface area contributed by atoms with Gasteiger partial charge in [0.15, 0.2) is 0 Å². The van der Waals surface area contributed by atoms with Crippen LogP contribution >= 0.6 is 0 Å². The number of anilines is 3. The predicted molar refractivity (Wildman–Crippen MR) is 343 cm³/mol. The van der Waals surface area contributed by atoms with Crippen molar-refractivity contribution < 1.29 is 43.0 Å².